The van der Waals surface area contributed by atoms with Crippen molar-refractivity contribution in [1.82, 2.24) is 9.62 Å². The number of nitrogens with one attached hydrogen (secondary N) is 1. The molecule has 4 nitrogen and oxygen atoms in total. The van der Waals surface area contributed by atoms with Gasteiger partial charge in [0.05, 0.1) is 5.75 Å². The minimum atomic E-state index is -2.99. The van der Waals surface area contributed by atoms with Crippen LogP contribution in [0.25, 0.3) is 0 Å². The van der Waals surface area contributed by atoms with Crippen molar-refractivity contribution >= 4 is 22.4 Å². The molecule has 0 aromatic heterocycles. The van der Waals surface area contributed by atoms with Crippen LogP contribution in [0.1, 0.15) is 12.8 Å². The van der Waals surface area contributed by atoms with E-state index in [1.807, 2.05) is 0 Å². The largest absolute Gasteiger partial charge is 0.317 e. The smallest absolute Gasteiger partial charge is 0.213 e. The van der Waals surface area contributed by atoms with Crippen LogP contribution in [0, 0.1) is 5.92 Å². The van der Waals surface area contributed by atoms with Gasteiger partial charge in [-0.05, 0) is 31.8 Å². The van der Waals surface area contributed by atoms with Crippen LogP contribution in [0.5, 0.6) is 0 Å². The molecule has 0 spiro atoms. The second kappa shape index (κ2) is 5.90. The van der Waals surface area contributed by atoms with Crippen LogP contribution in [0.2, 0.25) is 0 Å². The normalized spacial score (nSPS) is 19.4. The fourth-order valence-corrected chi connectivity index (χ4v) is 2.72. The Morgan fingerprint density at radius 1 is 1.29 bits per heavy atom. The quantitative estimate of drug-likeness (QED) is 0.775. The highest BCUT2D eigenvalue weighted by atomic mass is 35.5. The van der Waals surface area contributed by atoms with E-state index in [2.05, 4.69) is 5.32 Å². The molecule has 1 N–H and O–H groups in total. The van der Waals surface area contributed by atoms with E-state index >= 15 is 0 Å². The highest BCUT2D eigenvalue weighted by Gasteiger charge is 2.22. The second-order valence-corrected chi connectivity index (χ2v) is 5.98. The lowest BCUT2D eigenvalue weighted by molar-refractivity contribution is 0.394. The van der Waals surface area contributed by atoms with Crippen LogP contribution in [-0.4, -0.2) is 45.7 Å². The van der Waals surface area contributed by atoms with Gasteiger partial charge in [-0.25, -0.2) is 12.7 Å². The molecule has 1 saturated heterocycles. The van der Waals surface area contributed by atoms with Crippen molar-refractivity contribution in [2.75, 3.05) is 32.9 Å². The molecule has 0 radical (unpaired) electrons. The van der Waals surface area contributed by atoms with E-state index in [0.717, 1.165) is 25.9 Å². The standard InChI is InChI=1S/C8H18N2O2S.ClH/c1-10(2)13(11,12)7-8-3-5-9-6-4-8;/h8-9H,3-7H2,1-2H3;1H. The maximum absolute atomic E-state index is 11.5. The summed E-state index contributed by atoms with van der Waals surface area (Å²) in [6, 6.07) is 0. The van der Waals surface area contributed by atoms with Crippen molar-refractivity contribution in [3.05, 3.63) is 0 Å². The summed E-state index contributed by atoms with van der Waals surface area (Å²) >= 11 is 0. The van der Waals surface area contributed by atoms with Gasteiger partial charge in [0.25, 0.3) is 0 Å². The van der Waals surface area contributed by atoms with E-state index in [1.165, 1.54) is 4.31 Å². The molecule has 14 heavy (non-hydrogen) atoms. The van der Waals surface area contributed by atoms with Gasteiger partial charge in [0.2, 0.25) is 10.0 Å². The number of halogens is 1. The summed E-state index contributed by atoms with van der Waals surface area (Å²) in [5.74, 6) is 0.649. The Bertz CT molecular complexity index is 248. The molecule has 1 heterocycles. The minimum Gasteiger partial charge on any atom is -0.317 e. The molecule has 0 atom stereocenters. The van der Waals surface area contributed by atoms with Gasteiger partial charge in [0, 0.05) is 14.1 Å². The Hall–Kier alpha value is 0.160. The van der Waals surface area contributed by atoms with E-state index in [-0.39, 0.29) is 12.4 Å². The lowest BCUT2D eigenvalue weighted by Gasteiger charge is -2.23. The van der Waals surface area contributed by atoms with Crippen molar-refractivity contribution in [2.24, 2.45) is 5.92 Å². The first kappa shape index (κ1) is 14.2. The summed E-state index contributed by atoms with van der Waals surface area (Å²) in [7, 11) is 0.195. The van der Waals surface area contributed by atoms with E-state index in [1.54, 1.807) is 14.1 Å². The van der Waals surface area contributed by atoms with Gasteiger partial charge in [-0.15, -0.1) is 12.4 Å². The highest BCUT2D eigenvalue weighted by molar-refractivity contribution is 7.89. The number of piperidine rings is 1. The Kier molecular flexibility index (Phi) is 5.97. The molecule has 1 rings (SSSR count). The predicted molar refractivity (Wildman–Crippen MR) is 60.3 cm³/mol. The molecule has 0 bridgehead atoms. The van der Waals surface area contributed by atoms with Crippen molar-refractivity contribution in [3.8, 4) is 0 Å². The van der Waals surface area contributed by atoms with Crippen LogP contribution >= 0.6 is 12.4 Å². The first-order chi connectivity index (χ1) is 6.02. The van der Waals surface area contributed by atoms with Crippen LogP contribution in [0.3, 0.4) is 0 Å². The van der Waals surface area contributed by atoms with Crippen LogP contribution in [-0.2, 0) is 10.0 Å². The maximum Gasteiger partial charge on any atom is 0.213 e. The summed E-state index contributed by atoms with van der Waals surface area (Å²) in [6.07, 6.45) is 1.96. The number of nitrogens with zero attached hydrogens (tertiary/aromatic N) is 1. The zero-order valence-electron chi connectivity index (χ0n) is 8.69. The second-order valence-electron chi connectivity index (χ2n) is 3.75. The molecule has 0 amide bonds. The predicted octanol–water partition coefficient (Wildman–Crippen LogP) is 0.299. The van der Waals surface area contributed by atoms with Crippen molar-refractivity contribution < 1.29 is 8.42 Å². The number of hydrogen-bond acceptors (Lipinski definition) is 3. The number of sulfonamides is 1. The van der Waals surface area contributed by atoms with Gasteiger partial charge in [0.1, 0.15) is 0 Å². The number of hydrogen-bond donors (Lipinski definition) is 1. The molecule has 0 aromatic rings. The molecule has 0 unspecified atom stereocenters. The first-order valence-corrected chi connectivity index (χ1v) is 6.24. The molecule has 1 aliphatic heterocycles. The lowest BCUT2D eigenvalue weighted by Crippen LogP contribution is -2.35. The SMILES string of the molecule is CN(C)S(=O)(=O)CC1CCNCC1.Cl. The monoisotopic (exact) mass is 242 g/mol. The summed E-state index contributed by atoms with van der Waals surface area (Å²) in [6.45, 7) is 1.90. The minimum absolute atomic E-state index is 0. The molecule has 1 aliphatic rings. The van der Waals surface area contributed by atoms with Crippen LogP contribution in [0.4, 0.5) is 0 Å². The van der Waals surface area contributed by atoms with E-state index in [4.69, 9.17) is 0 Å². The van der Waals surface area contributed by atoms with Gasteiger partial charge in [-0.2, -0.15) is 0 Å². The summed E-state index contributed by atoms with van der Waals surface area (Å²) < 4.78 is 24.3. The van der Waals surface area contributed by atoms with Gasteiger partial charge in [-0.1, -0.05) is 0 Å². The zero-order chi connectivity index (χ0) is 9.90. The molecule has 0 saturated carbocycles. The zero-order valence-corrected chi connectivity index (χ0v) is 10.3. The molecule has 1 fully saturated rings. The lowest BCUT2D eigenvalue weighted by atomic mass is 10.0. The Balaban J connectivity index is 0.00000169. The van der Waals surface area contributed by atoms with Crippen molar-refractivity contribution in [1.29, 1.82) is 0 Å². The Labute approximate surface area is 92.5 Å². The third kappa shape index (κ3) is 4.13. The molecule has 0 aromatic carbocycles. The van der Waals surface area contributed by atoms with Crippen LogP contribution in [0.15, 0.2) is 0 Å². The van der Waals surface area contributed by atoms with E-state index in [9.17, 15) is 8.42 Å². The summed E-state index contributed by atoms with van der Waals surface area (Å²) in [5, 5.41) is 3.22. The third-order valence-electron chi connectivity index (χ3n) is 2.46. The van der Waals surface area contributed by atoms with Gasteiger partial charge >= 0.3 is 0 Å². The van der Waals surface area contributed by atoms with Gasteiger partial charge in [-0.3, -0.25) is 0 Å². The highest BCUT2D eigenvalue weighted by Crippen LogP contribution is 2.14. The average Bonchev–Trinajstić information content (AvgIpc) is 2.05. The van der Waals surface area contributed by atoms with Gasteiger partial charge < -0.3 is 5.32 Å². The third-order valence-corrected chi connectivity index (χ3v) is 4.47. The van der Waals surface area contributed by atoms with E-state index < -0.39 is 10.0 Å². The fourth-order valence-electron chi connectivity index (χ4n) is 1.50. The van der Waals surface area contributed by atoms with Crippen molar-refractivity contribution in [2.45, 2.75) is 12.8 Å². The molecular weight excluding hydrogens is 224 g/mol. The topological polar surface area (TPSA) is 49.4 Å². The summed E-state index contributed by atoms with van der Waals surface area (Å²) in [4.78, 5) is 0. The Morgan fingerprint density at radius 2 is 1.79 bits per heavy atom. The van der Waals surface area contributed by atoms with Crippen molar-refractivity contribution in [3.63, 3.8) is 0 Å². The van der Waals surface area contributed by atoms with Gasteiger partial charge in [0.15, 0.2) is 0 Å². The van der Waals surface area contributed by atoms with Crippen LogP contribution < -0.4 is 5.32 Å². The average molecular weight is 243 g/mol. The molecule has 86 valence electrons. The molecular formula is C8H19ClN2O2S. The summed E-state index contributed by atoms with van der Waals surface area (Å²) in [5.41, 5.74) is 0. The maximum atomic E-state index is 11.5. The number of rotatable bonds is 3. The molecule has 6 heteroatoms. The van der Waals surface area contributed by atoms with E-state index in [0.29, 0.717) is 11.7 Å². The molecule has 0 aliphatic carbocycles. The fraction of sp³-hybridized carbons (Fsp3) is 1.00. The first-order valence-electron chi connectivity index (χ1n) is 4.63. The Morgan fingerprint density at radius 3 is 2.21 bits per heavy atom.